The van der Waals surface area contributed by atoms with Crippen molar-refractivity contribution >= 4 is 50.1 Å². The minimum atomic E-state index is -0.311. The van der Waals surface area contributed by atoms with E-state index in [0.29, 0.717) is 35.2 Å². The van der Waals surface area contributed by atoms with Crippen molar-refractivity contribution in [2.24, 2.45) is 0 Å². The number of thioether (sulfide) groups is 1. The molecule has 4 nitrogen and oxygen atoms in total. The molecule has 1 saturated heterocycles. The van der Waals surface area contributed by atoms with Crippen LogP contribution < -0.4 is 4.74 Å². The number of benzene rings is 2. The second-order valence-electron chi connectivity index (χ2n) is 6.19. The zero-order chi connectivity index (χ0) is 20.1. The maximum atomic E-state index is 13.9. The summed E-state index contributed by atoms with van der Waals surface area (Å²) < 4.78 is 26.2. The molecule has 1 fully saturated rings. The summed E-state index contributed by atoms with van der Waals surface area (Å²) in [7, 11) is 1.59. The fraction of sp³-hybridized carbons (Fsp3) is 0.300. The van der Waals surface area contributed by atoms with Gasteiger partial charge in [0.05, 0.1) is 18.4 Å². The standard InChI is InChI=1S/C20H19BrFNO3S2/c1-25-9-8-23-19(24)18(28-20(23)27)11-14-10-15(21)6-7-17(14)26-12-13-4-2-3-5-16(13)22/h2-7,10,18H,8-9,11-12H2,1H3/t18-/m1/s1. The summed E-state index contributed by atoms with van der Waals surface area (Å²) in [6, 6.07) is 12.1. The molecular formula is C20H19BrFNO3S2. The van der Waals surface area contributed by atoms with E-state index in [9.17, 15) is 9.18 Å². The molecule has 0 radical (unpaired) electrons. The van der Waals surface area contributed by atoms with Gasteiger partial charge in [-0.3, -0.25) is 9.69 Å². The summed E-state index contributed by atoms with van der Waals surface area (Å²) >= 11 is 10.2. The molecule has 0 N–H and O–H groups in total. The third kappa shape index (κ3) is 5.11. The fourth-order valence-electron chi connectivity index (χ4n) is 2.83. The van der Waals surface area contributed by atoms with Crippen molar-refractivity contribution in [3.63, 3.8) is 0 Å². The number of hydrogen-bond donors (Lipinski definition) is 0. The van der Waals surface area contributed by atoms with E-state index in [-0.39, 0.29) is 23.6 Å². The number of carbonyl (C=O) groups is 1. The number of methoxy groups -OCH3 is 1. The van der Waals surface area contributed by atoms with Crippen molar-refractivity contribution < 1.29 is 18.7 Å². The van der Waals surface area contributed by atoms with Gasteiger partial charge >= 0.3 is 0 Å². The molecule has 2 aromatic rings. The molecule has 0 saturated carbocycles. The zero-order valence-corrected chi connectivity index (χ0v) is 18.4. The Bertz CT molecular complexity index is 880. The van der Waals surface area contributed by atoms with Gasteiger partial charge in [0.25, 0.3) is 0 Å². The minimum Gasteiger partial charge on any atom is -0.489 e. The van der Waals surface area contributed by atoms with E-state index < -0.39 is 0 Å². The smallest absolute Gasteiger partial charge is 0.242 e. The lowest BCUT2D eigenvalue weighted by Crippen LogP contribution is -2.34. The Balaban J connectivity index is 1.73. The van der Waals surface area contributed by atoms with E-state index in [2.05, 4.69) is 15.9 Å². The molecule has 28 heavy (non-hydrogen) atoms. The first-order chi connectivity index (χ1) is 13.5. The van der Waals surface area contributed by atoms with E-state index >= 15 is 0 Å². The van der Waals surface area contributed by atoms with Crippen molar-refractivity contribution in [3.05, 3.63) is 63.9 Å². The first-order valence-corrected chi connectivity index (χ1v) is 10.7. The third-order valence-corrected chi connectivity index (χ3v) is 6.37. The van der Waals surface area contributed by atoms with Crippen LogP contribution >= 0.6 is 39.9 Å². The second kappa shape index (κ2) is 9.82. The third-order valence-electron chi connectivity index (χ3n) is 4.29. The summed E-state index contributed by atoms with van der Waals surface area (Å²) in [5.74, 6) is 0.301. The van der Waals surface area contributed by atoms with Gasteiger partial charge in [-0.2, -0.15) is 0 Å². The van der Waals surface area contributed by atoms with E-state index in [4.69, 9.17) is 21.7 Å². The molecule has 1 amide bonds. The summed E-state index contributed by atoms with van der Waals surface area (Å²) in [5.41, 5.74) is 1.35. The molecule has 8 heteroatoms. The highest BCUT2D eigenvalue weighted by Crippen LogP contribution is 2.33. The number of ether oxygens (including phenoxy) is 2. The molecule has 0 aliphatic carbocycles. The first kappa shape index (κ1) is 21.2. The number of nitrogens with zero attached hydrogens (tertiary/aromatic N) is 1. The van der Waals surface area contributed by atoms with Crippen LogP contribution in [0.1, 0.15) is 11.1 Å². The van der Waals surface area contributed by atoms with E-state index in [0.717, 1.165) is 10.0 Å². The highest BCUT2D eigenvalue weighted by Gasteiger charge is 2.37. The Labute approximate surface area is 181 Å². The summed E-state index contributed by atoms with van der Waals surface area (Å²) in [4.78, 5) is 14.3. The number of rotatable bonds is 8. The molecule has 3 rings (SSSR count). The summed E-state index contributed by atoms with van der Waals surface area (Å²) in [6.45, 7) is 1.01. The molecule has 0 spiro atoms. The van der Waals surface area contributed by atoms with Crippen molar-refractivity contribution in [2.75, 3.05) is 20.3 Å². The van der Waals surface area contributed by atoms with Crippen LogP contribution in [0, 0.1) is 5.82 Å². The van der Waals surface area contributed by atoms with Crippen molar-refractivity contribution in [3.8, 4) is 5.75 Å². The monoisotopic (exact) mass is 483 g/mol. The largest absolute Gasteiger partial charge is 0.489 e. The molecular weight excluding hydrogens is 465 g/mol. The lowest BCUT2D eigenvalue weighted by molar-refractivity contribution is -0.126. The predicted molar refractivity (Wildman–Crippen MR) is 116 cm³/mol. The van der Waals surface area contributed by atoms with Crippen LogP contribution in [0.4, 0.5) is 4.39 Å². The molecule has 1 heterocycles. The Morgan fingerprint density at radius 2 is 2.04 bits per heavy atom. The number of thiocarbonyl (C=S) groups is 1. The maximum absolute atomic E-state index is 13.9. The average molecular weight is 484 g/mol. The van der Waals surface area contributed by atoms with Crippen molar-refractivity contribution in [2.45, 2.75) is 18.3 Å². The maximum Gasteiger partial charge on any atom is 0.242 e. The van der Waals surface area contributed by atoms with Crippen LogP contribution in [0.5, 0.6) is 5.75 Å². The van der Waals surface area contributed by atoms with Gasteiger partial charge in [-0.25, -0.2) is 4.39 Å². The quantitative estimate of drug-likeness (QED) is 0.513. The normalized spacial score (nSPS) is 16.7. The van der Waals surface area contributed by atoms with Gasteiger partial charge in [0.2, 0.25) is 5.91 Å². The van der Waals surface area contributed by atoms with Crippen LogP contribution in [0.3, 0.4) is 0 Å². The second-order valence-corrected chi connectivity index (χ2v) is 8.94. The first-order valence-electron chi connectivity index (χ1n) is 8.65. The fourth-order valence-corrected chi connectivity index (χ4v) is 4.81. The Morgan fingerprint density at radius 3 is 2.79 bits per heavy atom. The van der Waals surface area contributed by atoms with Crippen LogP contribution in [0.25, 0.3) is 0 Å². The van der Waals surface area contributed by atoms with E-state index in [1.54, 1.807) is 30.2 Å². The van der Waals surface area contributed by atoms with Gasteiger partial charge in [-0.05, 0) is 36.2 Å². The number of amides is 1. The Kier molecular flexibility index (Phi) is 7.45. The van der Waals surface area contributed by atoms with E-state index in [1.165, 1.54) is 17.8 Å². The van der Waals surface area contributed by atoms with Crippen molar-refractivity contribution in [1.82, 2.24) is 4.90 Å². The van der Waals surface area contributed by atoms with E-state index in [1.807, 2.05) is 18.2 Å². The highest BCUT2D eigenvalue weighted by atomic mass is 79.9. The SMILES string of the molecule is COCCN1C(=O)[C@@H](Cc2cc(Br)ccc2OCc2ccccc2F)SC1=S. The topological polar surface area (TPSA) is 38.8 Å². The molecule has 0 bridgehead atoms. The van der Waals surface area contributed by atoms with Gasteiger partial charge < -0.3 is 9.47 Å². The number of carbonyl (C=O) groups excluding carboxylic acids is 1. The van der Waals surface area contributed by atoms with Crippen molar-refractivity contribution in [1.29, 1.82) is 0 Å². The molecule has 1 aliphatic rings. The highest BCUT2D eigenvalue weighted by molar-refractivity contribution is 9.10. The van der Waals surface area contributed by atoms with Crippen LogP contribution in [-0.4, -0.2) is 40.6 Å². The predicted octanol–water partition coefficient (Wildman–Crippen LogP) is 4.59. The van der Waals surface area contributed by atoms with Gasteiger partial charge in [0.15, 0.2) is 0 Å². The molecule has 0 aromatic heterocycles. The average Bonchev–Trinajstić information content (AvgIpc) is 2.93. The van der Waals surface area contributed by atoms with Gasteiger partial charge in [0, 0.05) is 17.1 Å². The zero-order valence-electron chi connectivity index (χ0n) is 15.2. The Hall–Kier alpha value is -1.48. The summed E-state index contributed by atoms with van der Waals surface area (Å²) in [5, 5.41) is -0.311. The van der Waals surface area contributed by atoms with Crippen LogP contribution in [0.15, 0.2) is 46.9 Å². The lowest BCUT2D eigenvalue weighted by atomic mass is 10.1. The molecule has 0 unspecified atom stereocenters. The van der Waals surface area contributed by atoms with Gasteiger partial charge in [-0.1, -0.05) is 58.1 Å². The van der Waals surface area contributed by atoms with Gasteiger partial charge in [0.1, 0.15) is 22.5 Å². The molecule has 2 aromatic carbocycles. The lowest BCUT2D eigenvalue weighted by Gasteiger charge is -2.16. The number of hydrogen-bond acceptors (Lipinski definition) is 5. The van der Waals surface area contributed by atoms with Gasteiger partial charge in [-0.15, -0.1) is 0 Å². The number of halogens is 2. The summed E-state index contributed by atoms with van der Waals surface area (Å²) in [6.07, 6.45) is 0.471. The molecule has 148 valence electrons. The van der Waals surface area contributed by atoms with Crippen LogP contribution in [0.2, 0.25) is 0 Å². The minimum absolute atomic E-state index is 0.0212. The molecule has 1 atom stereocenters. The molecule has 1 aliphatic heterocycles. The van der Waals surface area contributed by atoms with Crippen LogP contribution in [-0.2, 0) is 22.6 Å². The Morgan fingerprint density at radius 1 is 1.25 bits per heavy atom.